The third-order valence-electron chi connectivity index (χ3n) is 5.01. The lowest BCUT2D eigenvalue weighted by atomic mass is 10.1. The van der Waals surface area contributed by atoms with Crippen LogP contribution in [-0.4, -0.2) is 48.0 Å². The zero-order chi connectivity index (χ0) is 16.8. The number of nitriles is 1. The van der Waals surface area contributed by atoms with Crippen LogP contribution in [0.3, 0.4) is 0 Å². The first kappa shape index (κ1) is 16.7. The Kier molecular flexibility index (Phi) is 5.65. The van der Waals surface area contributed by atoms with Gasteiger partial charge in [0.05, 0.1) is 12.1 Å². The van der Waals surface area contributed by atoms with Gasteiger partial charge in [0.15, 0.2) is 0 Å². The van der Waals surface area contributed by atoms with E-state index in [-0.39, 0.29) is 5.91 Å². The highest BCUT2D eigenvalue weighted by Gasteiger charge is 2.25. The molecule has 128 valence electrons. The second kappa shape index (κ2) is 8.11. The number of rotatable bonds is 6. The van der Waals surface area contributed by atoms with Gasteiger partial charge in [-0.1, -0.05) is 0 Å². The summed E-state index contributed by atoms with van der Waals surface area (Å²) >= 11 is 0. The maximum absolute atomic E-state index is 12.1. The number of nitrogens with one attached hydrogen (secondary N) is 2. The molecule has 0 radical (unpaired) electrons. The lowest BCUT2D eigenvalue weighted by Crippen LogP contribution is -2.39. The average molecular weight is 327 g/mol. The van der Waals surface area contributed by atoms with Gasteiger partial charge in [0.25, 0.3) is 0 Å². The maximum atomic E-state index is 12.1. The van der Waals surface area contributed by atoms with Crippen LogP contribution in [0.25, 0.3) is 0 Å². The van der Waals surface area contributed by atoms with Crippen LogP contribution in [0.4, 0.5) is 5.82 Å². The molecule has 2 heterocycles. The molecule has 2 aliphatic rings. The highest BCUT2D eigenvalue weighted by molar-refractivity contribution is 5.78. The number of aromatic nitrogens is 1. The smallest absolute Gasteiger partial charge is 0.236 e. The molecule has 6 heteroatoms. The van der Waals surface area contributed by atoms with Gasteiger partial charge in [-0.3, -0.25) is 4.79 Å². The summed E-state index contributed by atoms with van der Waals surface area (Å²) in [6.45, 7) is 3.21. The molecule has 1 aliphatic heterocycles. The molecular formula is C18H25N5O. The van der Waals surface area contributed by atoms with Crippen molar-refractivity contribution in [2.24, 2.45) is 5.92 Å². The van der Waals surface area contributed by atoms with E-state index in [0.717, 1.165) is 51.1 Å². The Balaban J connectivity index is 1.35. The van der Waals surface area contributed by atoms with Gasteiger partial charge in [0.2, 0.25) is 5.91 Å². The van der Waals surface area contributed by atoms with Gasteiger partial charge < -0.3 is 15.5 Å². The minimum absolute atomic E-state index is 0.246. The van der Waals surface area contributed by atoms with Crippen molar-refractivity contribution in [3.8, 4) is 6.07 Å². The van der Waals surface area contributed by atoms with Crippen molar-refractivity contribution < 1.29 is 4.79 Å². The summed E-state index contributed by atoms with van der Waals surface area (Å²) < 4.78 is 0. The molecule has 1 aromatic heterocycles. The normalized spacial score (nSPS) is 23.2. The second-order valence-electron chi connectivity index (χ2n) is 6.77. The van der Waals surface area contributed by atoms with Gasteiger partial charge in [-0.15, -0.1) is 0 Å². The topological polar surface area (TPSA) is 81.0 Å². The molecule has 24 heavy (non-hydrogen) atoms. The molecule has 2 fully saturated rings. The minimum atomic E-state index is 0.246. The summed E-state index contributed by atoms with van der Waals surface area (Å²) in [4.78, 5) is 18.3. The number of amides is 1. The second-order valence-corrected chi connectivity index (χ2v) is 6.77. The van der Waals surface area contributed by atoms with Gasteiger partial charge in [0, 0.05) is 31.9 Å². The summed E-state index contributed by atoms with van der Waals surface area (Å²) in [7, 11) is 0. The predicted octanol–water partition coefficient (Wildman–Crippen LogP) is 1.75. The lowest BCUT2D eigenvalue weighted by molar-refractivity contribution is -0.129. The first-order chi connectivity index (χ1) is 11.7. The van der Waals surface area contributed by atoms with Crippen molar-refractivity contribution in [2.75, 3.05) is 31.5 Å². The molecule has 0 spiro atoms. The van der Waals surface area contributed by atoms with E-state index in [1.54, 1.807) is 12.3 Å². The summed E-state index contributed by atoms with van der Waals surface area (Å²) in [6.07, 6.45) is 7.26. The maximum Gasteiger partial charge on any atom is 0.236 e. The summed E-state index contributed by atoms with van der Waals surface area (Å²) in [5, 5.41) is 15.6. The molecule has 1 saturated heterocycles. The molecule has 1 aliphatic carbocycles. The number of carbonyl (C=O) groups excluding carboxylic acids is 1. The monoisotopic (exact) mass is 327 g/mol. The number of anilines is 1. The molecule has 0 bridgehead atoms. The Bertz CT molecular complexity index is 588. The van der Waals surface area contributed by atoms with Crippen LogP contribution in [0.1, 0.15) is 37.7 Å². The Morgan fingerprint density at radius 3 is 2.88 bits per heavy atom. The van der Waals surface area contributed by atoms with E-state index in [2.05, 4.69) is 21.7 Å². The van der Waals surface area contributed by atoms with E-state index in [4.69, 9.17) is 5.26 Å². The highest BCUT2D eigenvalue weighted by Crippen LogP contribution is 2.25. The van der Waals surface area contributed by atoms with Crippen LogP contribution in [-0.2, 0) is 4.79 Å². The fourth-order valence-electron chi connectivity index (χ4n) is 3.57. The Labute approximate surface area is 143 Å². The van der Waals surface area contributed by atoms with E-state index in [9.17, 15) is 4.79 Å². The Morgan fingerprint density at radius 1 is 1.33 bits per heavy atom. The van der Waals surface area contributed by atoms with Gasteiger partial charge >= 0.3 is 0 Å². The molecule has 1 saturated carbocycles. The SMILES string of the molecule is N#Cc1ccc(NCC2CCC(NCC(=O)N3CCCC3)C2)nc1. The first-order valence-corrected chi connectivity index (χ1v) is 8.86. The fourth-order valence-corrected chi connectivity index (χ4v) is 3.57. The molecule has 2 N–H and O–H groups in total. The van der Waals surface area contributed by atoms with Gasteiger partial charge in [-0.2, -0.15) is 5.26 Å². The van der Waals surface area contributed by atoms with Crippen LogP contribution in [0, 0.1) is 17.2 Å². The van der Waals surface area contributed by atoms with E-state index in [0.29, 0.717) is 24.1 Å². The summed E-state index contributed by atoms with van der Waals surface area (Å²) in [5.74, 6) is 1.66. The lowest BCUT2D eigenvalue weighted by Gasteiger charge is -2.18. The summed E-state index contributed by atoms with van der Waals surface area (Å²) in [6, 6.07) is 6.13. The largest absolute Gasteiger partial charge is 0.370 e. The van der Waals surface area contributed by atoms with Gasteiger partial charge in [0.1, 0.15) is 11.9 Å². The Morgan fingerprint density at radius 2 is 2.17 bits per heavy atom. The molecule has 6 nitrogen and oxygen atoms in total. The molecule has 0 aromatic carbocycles. The number of hydrogen-bond acceptors (Lipinski definition) is 5. The molecule has 3 rings (SSSR count). The number of pyridine rings is 1. The third-order valence-corrected chi connectivity index (χ3v) is 5.01. The van der Waals surface area contributed by atoms with Crippen LogP contribution >= 0.6 is 0 Å². The third kappa shape index (κ3) is 4.45. The number of carbonyl (C=O) groups is 1. The van der Waals surface area contributed by atoms with Crippen molar-refractivity contribution >= 4 is 11.7 Å². The number of likely N-dealkylation sites (tertiary alicyclic amines) is 1. The van der Waals surface area contributed by atoms with Crippen molar-refractivity contribution in [3.05, 3.63) is 23.9 Å². The number of nitrogens with zero attached hydrogens (tertiary/aromatic N) is 3. The number of hydrogen-bond donors (Lipinski definition) is 2. The fraction of sp³-hybridized carbons (Fsp3) is 0.611. The van der Waals surface area contributed by atoms with Crippen LogP contribution in [0.15, 0.2) is 18.3 Å². The van der Waals surface area contributed by atoms with Crippen LogP contribution in [0.2, 0.25) is 0 Å². The molecule has 1 aromatic rings. The van der Waals surface area contributed by atoms with Gasteiger partial charge in [-0.05, 0) is 50.2 Å². The van der Waals surface area contributed by atoms with Crippen LogP contribution in [0.5, 0.6) is 0 Å². The van der Waals surface area contributed by atoms with Crippen molar-refractivity contribution in [1.82, 2.24) is 15.2 Å². The zero-order valence-electron chi connectivity index (χ0n) is 14.0. The first-order valence-electron chi connectivity index (χ1n) is 8.86. The zero-order valence-corrected chi connectivity index (χ0v) is 14.0. The van der Waals surface area contributed by atoms with E-state index in [1.807, 2.05) is 11.0 Å². The average Bonchev–Trinajstić information content (AvgIpc) is 3.30. The van der Waals surface area contributed by atoms with Crippen molar-refractivity contribution in [2.45, 2.75) is 38.1 Å². The minimum Gasteiger partial charge on any atom is -0.370 e. The van der Waals surface area contributed by atoms with E-state index in [1.165, 1.54) is 6.42 Å². The Hall–Kier alpha value is -2.13. The molecule has 1 amide bonds. The predicted molar refractivity (Wildman–Crippen MR) is 92.4 cm³/mol. The van der Waals surface area contributed by atoms with E-state index >= 15 is 0 Å². The standard InChI is InChI=1S/C18H25N5O/c19-10-15-4-6-17(22-12-15)21-11-14-3-5-16(9-14)20-13-18(24)23-7-1-2-8-23/h4,6,12,14,16,20H,1-3,5,7-9,11,13H2,(H,21,22). The highest BCUT2D eigenvalue weighted by atomic mass is 16.2. The molecular weight excluding hydrogens is 302 g/mol. The van der Waals surface area contributed by atoms with E-state index < -0.39 is 0 Å². The molecule has 2 unspecified atom stereocenters. The molecule has 2 atom stereocenters. The quantitative estimate of drug-likeness (QED) is 0.832. The summed E-state index contributed by atoms with van der Waals surface area (Å²) in [5.41, 5.74) is 0.577. The van der Waals surface area contributed by atoms with Crippen molar-refractivity contribution in [1.29, 1.82) is 5.26 Å². The van der Waals surface area contributed by atoms with Crippen LogP contribution < -0.4 is 10.6 Å². The van der Waals surface area contributed by atoms with Gasteiger partial charge in [-0.25, -0.2) is 4.98 Å². The van der Waals surface area contributed by atoms with Crippen molar-refractivity contribution in [3.63, 3.8) is 0 Å².